The maximum absolute atomic E-state index is 8.56. The predicted molar refractivity (Wildman–Crippen MR) is 87.3 cm³/mol. The average molecular weight is 316 g/mol. The third-order valence-corrected chi connectivity index (χ3v) is 2.79. The summed E-state index contributed by atoms with van der Waals surface area (Å²) in [5, 5.41) is 32.2. The molecule has 0 saturated carbocycles. The topological polar surface area (TPSA) is 138 Å². The summed E-state index contributed by atoms with van der Waals surface area (Å²) in [6, 6.07) is 1.81. The van der Waals surface area contributed by atoms with Gasteiger partial charge in [0.05, 0.1) is 0 Å². The van der Waals surface area contributed by atoms with E-state index in [0.717, 1.165) is 19.4 Å². The highest BCUT2D eigenvalue weighted by Crippen LogP contribution is 2.03. The lowest BCUT2D eigenvalue weighted by molar-refractivity contribution is 0.555. The molecule has 0 aliphatic rings. The molecule has 0 spiro atoms. The fraction of sp³-hybridized carbons (Fsp3) is 0.462. The monoisotopic (exact) mass is 316 g/mol. The van der Waals surface area contributed by atoms with Crippen LogP contribution in [0.4, 0.5) is 5.82 Å². The van der Waals surface area contributed by atoms with Gasteiger partial charge in [0.2, 0.25) is 11.9 Å². The highest BCUT2D eigenvalue weighted by molar-refractivity contribution is 5.93. The van der Waals surface area contributed by atoms with Gasteiger partial charge in [-0.25, -0.2) is 0 Å². The summed E-state index contributed by atoms with van der Waals surface area (Å²) >= 11 is 0. The van der Waals surface area contributed by atoms with E-state index in [1.807, 2.05) is 17.1 Å². The number of nitriles is 2. The van der Waals surface area contributed by atoms with Gasteiger partial charge in [-0.3, -0.25) is 25.3 Å². The first kappa shape index (κ1) is 17.8. The summed E-state index contributed by atoms with van der Waals surface area (Å²) in [4.78, 5) is 7.78. The zero-order chi connectivity index (χ0) is 16.9. The van der Waals surface area contributed by atoms with Crippen LogP contribution in [0, 0.1) is 22.9 Å². The van der Waals surface area contributed by atoms with Gasteiger partial charge in [0.25, 0.3) is 0 Å². The molecule has 10 nitrogen and oxygen atoms in total. The molecule has 1 rings (SSSR count). The number of anilines is 1. The number of aliphatic imine (C=N–C) groups is 2. The van der Waals surface area contributed by atoms with Crippen LogP contribution in [-0.2, 0) is 6.54 Å². The number of aromatic nitrogens is 2. The highest BCUT2D eigenvalue weighted by Gasteiger charge is 2.02. The molecule has 0 aliphatic carbocycles. The largest absolute Gasteiger partial charge is 0.356 e. The Morgan fingerprint density at radius 1 is 1.17 bits per heavy atom. The number of aryl methyl sites for hydroxylation is 1. The summed E-state index contributed by atoms with van der Waals surface area (Å²) in [7, 11) is 3.19. The van der Waals surface area contributed by atoms with Crippen molar-refractivity contribution >= 4 is 17.7 Å². The Balaban J connectivity index is 2.29. The molecule has 122 valence electrons. The van der Waals surface area contributed by atoms with Gasteiger partial charge in [0.1, 0.15) is 0 Å². The first-order valence-electron chi connectivity index (χ1n) is 7.01. The first-order valence-corrected chi connectivity index (χ1v) is 7.01. The molecule has 0 aromatic carbocycles. The van der Waals surface area contributed by atoms with Gasteiger partial charge in [-0.2, -0.15) is 15.6 Å². The molecule has 10 heteroatoms. The molecule has 0 saturated heterocycles. The van der Waals surface area contributed by atoms with Crippen LogP contribution in [0.5, 0.6) is 0 Å². The van der Waals surface area contributed by atoms with Gasteiger partial charge >= 0.3 is 0 Å². The second kappa shape index (κ2) is 10.5. The first-order chi connectivity index (χ1) is 11.2. The van der Waals surface area contributed by atoms with E-state index in [4.69, 9.17) is 10.5 Å². The number of hydrogen-bond donors (Lipinski definition) is 4. The molecule has 1 aromatic rings. The Morgan fingerprint density at radius 3 is 2.52 bits per heavy atom. The Hall–Kier alpha value is -3.27. The Kier molecular flexibility index (Phi) is 8.08. The van der Waals surface area contributed by atoms with Crippen molar-refractivity contribution in [3.63, 3.8) is 0 Å². The van der Waals surface area contributed by atoms with Crippen LogP contribution in [0.1, 0.15) is 12.8 Å². The Bertz CT molecular complexity index is 615. The molecule has 0 atom stereocenters. The maximum atomic E-state index is 8.56. The predicted octanol–water partition coefficient (Wildman–Crippen LogP) is -0.222. The van der Waals surface area contributed by atoms with E-state index in [2.05, 4.69) is 36.4 Å². The molecule has 0 aliphatic heterocycles. The summed E-state index contributed by atoms with van der Waals surface area (Å²) in [5.74, 6) is 1.43. The lowest BCUT2D eigenvalue weighted by atomic mass is 10.3. The van der Waals surface area contributed by atoms with Crippen molar-refractivity contribution in [1.82, 2.24) is 25.7 Å². The normalized spacial score (nSPS) is 11.3. The quantitative estimate of drug-likeness (QED) is 0.187. The van der Waals surface area contributed by atoms with Gasteiger partial charge in [0.15, 0.2) is 18.2 Å². The van der Waals surface area contributed by atoms with Crippen molar-refractivity contribution in [2.45, 2.75) is 19.4 Å². The minimum atomic E-state index is 0.346. The Morgan fingerprint density at radius 2 is 1.87 bits per heavy atom. The molecule has 0 radical (unpaired) electrons. The van der Waals surface area contributed by atoms with Crippen LogP contribution in [0.3, 0.4) is 0 Å². The molecule has 0 unspecified atom stereocenters. The van der Waals surface area contributed by atoms with Gasteiger partial charge in [-0.05, 0) is 12.8 Å². The van der Waals surface area contributed by atoms with Crippen LogP contribution < -0.4 is 21.3 Å². The van der Waals surface area contributed by atoms with E-state index in [-0.39, 0.29) is 0 Å². The van der Waals surface area contributed by atoms with Crippen molar-refractivity contribution in [1.29, 1.82) is 10.5 Å². The van der Waals surface area contributed by atoms with Gasteiger partial charge < -0.3 is 10.6 Å². The molecular formula is C13H20N10. The SMILES string of the molecule is CN=C(NC#N)NCCCCn1ccc(NC(=NC)NC#N)n1. The molecule has 0 bridgehead atoms. The Labute approximate surface area is 134 Å². The molecule has 1 heterocycles. The molecule has 0 amide bonds. The van der Waals surface area contributed by atoms with Crippen LogP contribution in [0.25, 0.3) is 0 Å². The number of hydrogen-bond acceptors (Lipinski definition) is 5. The van der Waals surface area contributed by atoms with E-state index in [0.29, 0.717) is 24.3 Å². The van der Waals surface area contributed by atoms with Gasteiger partial charge in [-0.1, -0.05) is 0 Å². The number of unbranched alkanes of at least 4 members (excludes halogenated alkanes) is 1. The molecule has 4 N–H and O–H groups in total. The van der Waals surface area contributed by atoms with Crippen molar-refractivity contribution in [3.8, 4) is 12.4 Å². The fourth-order valence-electron chi connectivity index (χ4n) is 1.71. The molecular weight excluding hydrogens is 296 g/mol. The molecule has 1 aromatic heterocycles. The second-order valence-corrected chi connectivity index (χ2v) is 4.34. The van der Waals surface area contributed by atoms with Crippen molar-refractivity contribution in [2.75, 3.05) is 26.0 Å². The van der Waals surface area contributed by atoms with E-state index < -0.39 is 0 Å². The zero-order valence-electron chi connectivity index (χ0n) is 13.2. The van der Waals surface area contributed by atoms with Crippen LogP contribution in [0.15, 0.2) is 22.2 Å². The third kappa shape index (κ3) is 6.82. The number of rotatable bonds is 6. The average Bonchev–Trinajstić information content (AvgIpc) is 3.00. The van der Waals surface area contributed by atoms with Crippen molar-refractivity contribution < 1.29 is 0 Å². The van der Waals surface area contributed by atoms with E-state index in [9.17, 15) is 0 Å². The summed E-state index contributed by atoms with van der Waals surface area (Å²) in [6.07, 6.45) is 7.30. The van der Waals surface area contributed by atoms with E-state index in [1.54, 1.807) is 26.4 Å². The lowest BCUT2D eigenvalue weighted by Crippen LogP contribution is -2.34. The van der Waals surface area contributed by atoms with Crippen LogP contribution in [0.2, 0.25) is 0 Å². The maximum Gasteiger partial charge on any atom is 0.210 e. The van der Waals surface area contributed by atoms with Crippen molar-refractivity contribution in [3.05, 3.63) is 12.3 Å². The third-order valence-electron chi connectivity index (χ3n) is 2.79. The van der Waals surface area contributed by atoms with E-state index >= 15 is 0 Å². The van der Waals surface area contributed by atoms with Crippen LogP contribution in [-0.4, -0.2) is 42.3 Å². The minimum Gasteiger partial charge on any atom is -0.356 e. The highest BCUT2D eigenvalue weighted by atomic mass is 15.3. The zero-order valence-corrected chi connectivity index (χ0v) is 13.2. The summed E-state index contributed by atoms with van der Waals surface area (Å²) < 4.78 is 1.81. The molecule has 0 fully saturated rings. The van der Waals surface area contributed by atoms with Gasteiger partial charge in [0, 0.05) is 39.4 Å². The van der Waals surface area contributed by atoms with Crippen LogP contribution >= 0.6 is 0 Å². The molecule has 23 heavy (non-hydrogen) atoms. The smallest absolute Gasteiger partial charge is 0.210 e. The summed E-state index contributed by atoms with van der Waals surface area (Å²) in [5.41, 5.74) is 0. The standard InChI is InChI=1S/C13H20N10/c1-16-12(19-9-14)18-6-3-4-7-23-8-5-11(22-23)21-13(17-2)20-10-15/h5,8H,3-4,6-7H2,1-2H3,(H2,16,18,19)(H2,17,20,21,22). The second-order valence-electron chi connectivity index (χ2n) is 4.34. The minimum absolute atomic E-state index is 0.346. The lowest BCUT2D eigenvalue weighted by Gasteiger charge is -2.07. The number of nitrogens with one attached hydrogen (secondary N) is 4. The fourth-order valence-corrected chi connectivity index (χ4v) is 1.71. The number of guanidine groups is 2. The van der Waals surface area contributed by atoms with E-state index in [1.165, 1.54) is 0 Å². The van der Waals surface area contributed by atoms with Crippen molar-refractivity contribution in [2.24, 2.45) is 9.98 Å². The van der Waals surface area contributed by atoms with Gasteiger partial charge in [-0.15, -0.1) is 0 Å². The summed E-state index contributed by atoms with van der Waals surface area (Å²) in [6.45, 7) is 1.48. The number of nitrogens with zero attached hydrogens (tertiary/aromatic N) is 6.